The Morgan fingerprint density at radius 1 is 0.598 bits per heavy atom. The number of carboxylic acids is 2. The summed E-state index contributed by atoms with van der Waals surface area (Å²) in [6.45, 7) is 13.9. The zero-order valence-corrected chi connectivity index (χ0v) is 58.1. The lowest BCUT2D eigenvalue weighted by molar-refractivity contribution is -0.150. The number of nitrogens with two attached hydrogens (primary N) is 2. The average molecular weight is 1380 g/mol. The smallest absolute Gasteiger partial charge is 0.326 e. The summed E-state index contributed by atoms with van der Waals surface area (Å²) in [5.74, 6) is -11.4. The number of aliphatic carboxylic acids is 2. The topological polar surface area (TPSA) is 456 Å². The highest BCUT2D eigenvalue weighted by Crippen LogP contribution is 2.28. The minimum Gasteiger partial charge on any atom is -0.481 e. The molecule has 1 aromatic carbocycles. The number of nitrogens with zero attached hydrogens (tertiary/aromatic N) is 3. The number of thioether (sulfide) groups is 1. The fourth-order valence-electron chi connectivity index (χ4n) is 12.5. The second-order valence-electron chi connectivity index (χ2n) is 26.6. The van der Waals surface area contributed by atoms with Crippen molar-refractivity contribution < 1.29 is 77.6 Å². The number of benzene rings is 1. The van der Waals surface area contributed by atoms with E-state index in [0.717, 1.165) is 15.8 Å². The Hall–Kier alpha value is -7.90. The monoisotopic (exact) mass is 1380 g/mol. The van der Waals surface area contributed by atoms with Crippen molar-refractivity contribution in [2.75, 3.05) is 38.2 Å². The van der Waals surface area contributed by atoms with Gasteiger partial charge >= 0.3 is 11.9 Å². The predicted octanol–water partition coefficient (Wildman–Crippen LogP) is -0.131. The van der Waals surface area contributed by atoms with Crippen molar-refractivity contribution >= 4 is 99.6 Å². The molecule has 1 aromatic heterocycles. The van der Waals surface area contributed by atoms with Gasteiger partial charge in [0.05, 0.1) is 18.6 Å². The SMILES string of the molecule is CC[C@H](C)[C@H](NC(=O)[C@H](Cc1c[nH]c2ccccc12)NC(=O)[C@H](CC(C)C)NC(=O)[C@@H]1CCCN1C(=O)[C@@H]1CCCN1C(=O)[C@@H](NC(=O)[C@@H]1CCCN1C(=O)[C@H](CC(=O)O)NC(=O)[C@H](CCSC)NC(=O)[C@H](C)NC(=O)[C@H](CCCCN)NC(=O)[C@@H](N)CC(C)C)[C@@H](C)O)C(=O)O. The molecule has 0 saturated carbocycles. The first kappa shape index (κ1) is 79.8. The number of amides is 11. The molecule has 3 aliphatic rings. The van der Waals surface area contributed by atoms with Gasteiger partial charge in [0.1, 0.15) is 66.5 Å². The van der Waals surface area contributed by atoms with E-state index in [9.17, 15) is 77.6 Å². The Kier molecular flexibility index (Phi) is 31.5. The van der Waals surface area contributed by atoms with Crippen LogP contribution in [0.4, 0.5) is 0 Å². The summed E-state index contributed by atoms with van der Waals surface area (Å²) in [6.07, 6.45) is 4.33. The quantitative estimate of drug-likeness (QED) is 0.0389. The molecule has 0 spiro atoms. The number of hydrogen-bond acceptors (Lipinski definition) is 17. The molecule has 14 atom stereocenters. The molecule has 30 nitrogen and oxygen atoms in total. The van der Waals surface area contributed by atoms with Crippen LogP contribution >= 0.6 is 11.8 Å². The molecular formula is C66H104N14O16S. The van der Waals surface area contributed by atoms with Crippen molar-refractivity contribution in [1.82, 2.24) is 62.2 Å². The van der Waals surface area contributed by atoms with Crippen LogP contribution in [-0.2, 0) is 68.7 Å². The molecule has 4 heterocycles. The number of aliphatic hydroxyl groups excluding tert-OH is 1. The van der Waals surface area contributed by atoms with Gasteiger partial charge in [-0.05, 0) is 139 Å². The van der Waals surface area contributed by atoms with Crippen LogP contribution < -0.4 is 54.0 Å². The van der Waals surface area contributed by atoms with Gasteiger partial charge in [0.25, 0.3) is 0 Å². The van der Waals surface area contributed by atoms with Gasteiger partial charge < -0.3 is 89.0 Å². The number of likely N-dealkylation sites (tertiary alicyclic amines) is 3. The number of rotatable bonds is 38. The van der Waals surface area contributed by atoms with Gasteiger partial charge in [0.15, 0.2) is 0 Å². The minimum atomic E-state index is -1.77. The van der Waals surface area contributed by atoms with Gasteiger partial charge in [-0.15, -0.1) is 0 Å². The maximum absolute atomic E-state index is 14.7. The third-order valence-electron chi connectivity index (χ3n) is 18.0. The summed E-state index contributed by atoms with van der Waals surface area (Å²) in [7, 11) is 0. The second kappa shape index (κ2) is 38.3. The summed E-state index contributed by atoms with van der Waals surface area (Å²) in [5, 5.41) is 53.1. The van der Waals surface area contributed by atoms with Crippen molar-refractivity contribution in [1.29, 1.82) is 0 Å². The minimum absolute atomic E-state index is 0.00297. The Balaban J connectivity index is 1.26. The number of unbranched alkanes of at least 4 members (excludes halogenated alkanes) is 1. The number of nitrogens with one attached hydrogen (secondary N) is 9. The number of fused-ring (bicyclic) bond motifs is 1. The largest absolute Gasteiger partial charge is 0.481 e. The number of aliphatic hydroxyl groups is 1. The van der Waals surface area contributed by atoms with Crippen molar-refractivity contribution in [3.8, 4) is 0 Å². The Morgan fingerprint density at radius 2 is 1.13 bits per heavy atom. The lowest BCUT2D eigenvalue weighted by Crippen LogP contribution is -2.61. The Labute approximate surface area is 570 Å². The number of H-pyrrole nitrogens is 1. The molecule has 540 valence electrons. The average Bonchev–Trinajstić information content (AvgIpc) is 1.71. The molecular weight excluding hydrogens is 1280 g/mol. The number of carbonyl (C=O) groups is 13. The highest BCUT2D eigenvalue weighted by molar-refractivity contribution is 7.98. The fourth-order valence-corrected chi connectivity index (χ4v) is 13.0. The zero-order chi connectivity index (χ0) is 72.0. The van der Waals surface area contributed by atoms with Crippen LogP contribution in [0.25, 0.3) is 10.9 Å². The van der Waals surface area contributed by atoms with E-state index in [-0.39, 0.29) is 82.8 Å². The Bertz CT molecular complexity index is 3090. The number of para-hydroxylation sites is 1. The van der Waals surface area contributed by atoms with Crippen LogP contribution in [0, 0.1) is 17.8 Å². The zero-order valence-electron chi connectivity index (χ0n) is 57.3. The lowest BCUT2D eigenvalue weighted by Gasteiger charge is -2.35. The third-order valence-corrected chi connectivity index (χ3v) is 18.7. The first-order valence-electron chi connectivity index (χ1n) is 33.9. The van der Waals surface area contributed by atoms with Crippen molar-refractivity contribution in [3.63, 3.8) is 0 Å². The first-order chi connectivity index (χ1) is 45.9. The van der Waals surface area contributed by atoms with E-state index in [2.05, 4.69) is 47.5 Å². The van der Waals surface area contributed by atoms with Crippen LogP contribution in [0.1, 0.15) is 151 Å². The van der Waals surface area contributed by atoms with Gasteiger partial charge in [-0.25, -0.2) is 4.79 Å². The predicted molar refractivity (Wildman–Crippen MR) is 361 cm³/mol. The normalized spacial score (nSPS) is 19.6. The highest BCUT2D eigenvalue weighted by Gasteiger charge is 2.47. The molecule has 3 aliphatic heterocycles. The van der Waals surface area contributed by atoms with E-state index >= 15 is 0 Å². The number of carboxylic acid groups (broad SMARTS) is 2. The van der Waals surface area contributed by atoms with Crippen LogP contribution in [-0.4, -0.2) is 229 Å². The standard InChI is InChI=1S/C66H104N14O16S/c1-10-37(6)53(66(95)96)76-60(89)47(32-40-34-69-43-19-12-11-18-41(40)43)73-59(88)46(31-36(4)5)74-61(90)49-21-16-27-79(49)64(93)51-23-17-28-80(51)65(94)54(39(8)81)77-62(91)50-22-15-26-78(50)63(92)48(33-52(82)83)75-58(87)45(24-29-97-9)71-55(84)38(7)70-57(86)44(20-13-14-25-67)72-56(85)42(68)30-35(2)3/h11-12,18-19,34-39,42,44-51,53-54,69,81H,10,13-17,20-33,67-68H2,1-9H3,(H,70,86)(H,71,84)(H,72,85)(H,73,88)(H,74,90)(H,75,87)(H,76,89)(H,77,91)(H,82,83)(H,95,96)/t37-,38-,39+,42-,44-,45-,46-,47-,48-,49-,50-,51-,53-,54-/m0/s1. The van der Waals surface area contributed by atoms with Gasteiger partial charge in [0, 0.05) is 43.2 Å². The number of hydrogen-bond donors (Lipinski definition) is 14. The number of aromatic amines is 1. The summed E-state index contributed by atoms with van der Waals surface area (Å²) in [4.78, 5) is 187. The van der Waals surface area contributed by atoms with E-state index < -0.39 is 168 Å². The molecule has 31 heteroatoms. The summed E-state index contributed by atoms with van der Waals surface area (Å²) in [6, 6.07) is -8.03. The molecule has 0 unspecified atom stereocenters. The van der Waals surface area contributed by atoms with Gasteiger partial charge in [-0.2, -0.15) is 11.8 Å². The maximum atomic E-state index is 14.7. The van der Waals surface area contributed by atoms with Crippen LogP contribution in [0.15, 0.2) is 30.5 Å². The van der Waals surface area contributed by atoms with E-state index in [4.69, 9.17) is 11.5 Å². The van der Waals surface area contributed by atoms with Crippen molar-refractivity contribution in [3.05, 3.63) is 36.0 Å². The van der Waals surface area contributed by atoms with E-state index in [1.54, 1.807) is 26.3 Å². The molecule has 3 fully saturated rings. The summed E-state index contributed by atoms with van der Waals surface area (Å²) < 4.78 is 0. The molecule has 16 N–H and O–H groups in total. The first-order valence-corrected chi connectivity index (χ1v) is 35.3. The van der Waals surface area contributed by atoms with E-state index in [1.165, 1.54) is 35.4 Å². The fraction of sp³-hybridized carbons (Fsp3) is 0.682. The number of carbonyl (C=O) groups excluding carboxylic acids is 11. The molecule has 0 aliphatic carbocycles. The number of aromatic nitrogens is 1. The van der Waals surface area contributed by atoms with Gasteiger partial charge in [-0.3, -0.25) is 57.5 Å². The molecule has 5 rings (SSSR count). The molecule has 0 bridgehead atoms. The lowest BCUT2D eigenvalue weighted by atomic mass is 9.97. The third kappa shape index (κ3) is 22.8. The summed E-state index contributed by atoms with van der Waals surface area (Å²) in [5.41, 5.74) is 13.2. The molecule has 97 heavy (non-hydrogen) atoms. The van der Waals surface area contributed by atoms with Crippen molar-refractivity contribution in [2.45, 2.75) is 230 Å². The second-order valence-corrected chi connectivity index (χ2v) is 27.6. The van der Waals surface area contributed by atoms with E-state index in [0.29, 0.717) is 56.4 Å². The van der Waals surface area contributed by atoms with E-state index in [1.807, 2.05) is 52.0 Å². The molecule has 11 amide bonds. The van der Waals surface area contributed by atoms with Crippen LogP contribution in [0.5, 0.6) is 0 Å². The summed E-state index contributed by atoms with van der Waals surface area (Å²) >= 11 is 1.33. The van der Waals surface area contributed by atoms with Gasteiger partial charge in [-0.1, -0.05) is 66.2 Å². The van der Waals surface area contributed by atoms with Crippen LogP contribution in [0.3, 0.4) is 0 Å². The molecule has 3 saturated heterocycles. The maximum Gasteiger partial charge on any atom is 0.326 e. The Morgan fingerprint density at radius 3 is 1.73 bits per heavy atom. The van der Waals surface area contributed by atoms with Crippen molar-refractivity contribution in [2.24, 2.45) is 29.2 Å². The van der Waals surface area contributed by atoms with Crippen LogP contribution in [0.2, 0.25) is 0 Å². The highest BCUT2D eigenvalue weighted by atomic mass is 32.2. The van der Waals surface area contributed by atoms with Gasteiger partial charge in [0.2, 0.25) is 65.0 Å². The molecule has 2 aromatic rings. The molecule has 0 radical (unpaired) electrons.